The number of amides is 2. The Morgan fingerprint density at radius 2 is 1.49 bits per heavy atom. The summed E-state index contributed by atoms with van der Waals surface area (Å²) in [5.74, 6) is 0.649. The van der Waals surface area contributed by atoms with E-state index < -0.39 is 0 Å². The lowest BCUT2D eigenvalue weighted by Gasteiger charge is -2.15. The predicted molar refractivity (Wildman–Crippen MR) is 166 cm³/mol. The van der Waals surface area contributed by atoms with Crippen molar-refractivity contribution in [1.29, 1.82) is 0 Å². The molecular weight excluding hydrogens is 512 g/mol. The smallest absolute Gasteiger partial charge is 0.323 e. The first-order chi connectivity index (χ1) is 18.7. The number of urea groups is 1. The second kappa shape index (κ2) is 13.5. The summed E-state index contributed by atoms with van der Waals surface area (Å²) in [7, 11) is 3.52. The summed E-state index contributed by atoms with van der Waals surface area (Å²) in [6.07, 6.45) is 0. The Balaban J connectivity index is 1.63. The van der Waals surface area contributed by atoms with Gasteiger partial charge in [0.1, 0.15) is 5.84 Å². The maximum Gasteiger partial charge on any atom is 0.323 e. The van der Waals surface area contributed by atoms with Gasteiger partial charge in [0.2, 0.25) is 5.96 Å². The Morgan fingerprint density at radius 1 is 0.821 bits per heavy atom. The average molecular weight is 545 g/mol. The Labute approximate surface area is 232 Å². The monoisotopic (exact) mass is 544 g/mol. The Morgan fingerprint density at radius 3 is 2.13 bits per heavy atom. The summed E-state index contributed by atoms with van der Waals surface area (Å²) in [4.78, 5) is 16.8. The molecule has 2 amide bonds. The normalized spacial score (nSPS) is 11.3. The van der Waals surface area contributed by atoms with Gasteiger partial charge in [-0.05, 0) is 85.7 Å². The van der Waals surface area contributed by atoms with Crippen molar-refractivity contribution in [1.82, 2.24) is 5.32 Å². The Bertz CT molecular complexity index is 1430. The first-order valence-electron chi connectivity index (χ1n) is 11.9. The van der Waals surface area contributed by atoms with Crippen LogP contribution in [0.3, 0.4) is 0 Å². The maximum absolute atomic E-state index is 12.7. The molecule has 3 aromatic carbocycles. The Hall–Kier alpha value is -4.97. The summed E-state index contributed by atoms with van der Waals surface area (Å²) in [5, 5.41) is 23.1. The molecule has 0 bridgehead atoms. The fraction of sp³-hybridized carbons (Fsp3) is 0.148. The van der Waals surface area contributed by atoms with Gasteiger partial charge < -0.3 is 38.1 Å². The molecule has 0 aromatic heterocycles. The quantitative estimate of drug-likeness (QED) is 0.102. The van der Waals surface area contributed by atoms with Crippen molar-refractivity contribution >= 4 is 63.6 Å². The van der Waals surface area contributed by atoms with Crippen LogP contribution in [0.15, 0.2) is 81.9 Å². The van der Waals surface area contributed by atoms with Crippen LogP contribution in [-0.4, -0.2) is 42.7 Å². The third-order valence-electron chi connectivity index (χ3n) is 5.47. The van der Waals surface area contributed by atoms with Crippen LogP contribution < -0.4 is 38.1 Å². The molecule has 0 radical (unpaired) electrons. The zero-order valence-corrected chi connectivity index (χ0v) is 23.0. The lowest BCUT2D eigenvalue weighted by atomic mass is 10.1. The first kappa shape index (κ1) is 28.6. The van der Waals surface area contributed by atoms with E-state index in [4.69, 9.17) is 23.7 Å². The molecule has 0 aliphatic carbocycles. The third-order valence-corrected chi connectivity index (χ3v) is 5.68. The van der Waals surface area contributed by atoms with Gasteiger partial charge in [0, 0.05) is 42.4 Å². The second-order valence-electron chi connectivity index (χ2n) is 8.38. The van der Waals surface area contributed by atoms with Crippen LogP contribution in [0.4, 0.5) is 27.5 Å². The highest BCUT2D eigenvalue weighted by atomic mass is 32.1. The summed E-state index contributed by atoms with van der Waals surface area (Å²) in [6, 6.07) is 20.1. The highest BCUT2D eigenvalue weighted by Gasteiger charge is 2.09. The van der Waals surface area contributed by atoms with E-state index in [1.807, 2.05) is 80.7 Å². The van der Waals surface area contributed by atoms with Gasteiger partial charge in [-0.2, -0.15) is 5.10 Å². The highest BCUT2D eigenvalue weighted by molar-refractivity contribution is 7.80. The highest BCUT2D eigenvalue weighted by Crippen LogP contribution is 2.21. The number of benzene rings is 3. The van der Waals surface area contributed by atoms with Gasteiger partial charge in [0.05, 0.1) is 5.71 Å². The number of aryl methyl sites for hydroxylation is 1. The van der Waals surface area contributed by atoms with Crippen molar-refractivity contribution in [3.63, 3.8) is 0 Å². The van der Waals surface area contributed by atoms with Crippen LogP contribution in [-0.2, 0) is 0 Å². The number of hydrogen-bond acceptors (Lipinski definition) is 5. The number of thiocarbonyl (C=S) groups is 1. The molecule has 0 fully saturated rings. The van der Waals surface area contributed by atoms with E-state index in [0.29, 0.717) is 27.9 Å². The molecular formula is C27H32N10OS. The van der Waals surface area contributed by atoms with E-state index in [-0.39, 0.29) is 12.0 Å². The van der Waals surface area contributed by atoms with Gasteiger partial charge in [-0.15, -0.1) is 5.10 Å². The predicted octanol–water partition coefficient (Wildman–Crippen LogP) is 4.04. The maximum atomic E-state index is 12.7. The van der Waals surface area contributed by atoms with Crippen LogP contribution >= 0.6 is 12.2 Å². The number of rotatable bonds is 7. The molecule has 202 valence electrons. The zero-order valence-electron chi connectivity index (χ0n) is 22.2. The van der Waals surface area contributed by atoms with Crippen molar-refractivity contribution in [2.24, 2.45) is 26.7 Å². The Kier molecular flexibility index (Phi) is 9.93. The lowest BCUT2D eigenvalue weighted by molar-refractivity contribution is 0.262. The van der Waals surface area contributed by atoms with Gasteiger partial charge in [0.25, 0.3) is 0 Å². The van der Waals surface area contributed by atoms with E-state index in [1.165, 1.54) is 0 Å². The number of amidine groups is 1. The topological polar surface area (TPSA) is 166 Å². The van der Waals surface area contributed by atoms with E-state index >= 15 is 0 Å². The van der Waals surface area contributed by atoms with Crippen molar-refractivity contribution < 1.29 is 4.79 Å². The number of nitrogens with one attached hydrogen (secondary N) is 5. The van der Waals surface area contributed by atoms with Crippen LogP contribution in [0.1, 0.15) is 23.6 Å². The van der Waals surface area contributed by atoms with E-state index in [0.717, 1.165) is 28.2 Å². The SMILES string of the molecule is CN=C(NC)c1ccc(NC(=O)Nc2cc(NC(=S)Nc3cccc(/C(C)=N\N=C(N)N)c3)ccc2C)cc1. The molecule has 11 nitrogen and oxygen atoms in total. The molecule has 3 aromatic rings. The molecule has 0 atom stereocenters. The second-order valence-corrected chi connectivity index (χ2v) is 8.79. The minimum absolute atomic E-state index is 0.113. The van der Waals surface area contributed by atoms with Crippen molar-refractivity contribution in [2.45, 2.75) is 13.8 Å². The molecule has 3 rings (SSSR count). The fourth-order valence-corrected chi connectivity index (χ4v) is 3.76. The molecule has 0 unspecified atom stereocenters. The number of guanidine groups is 1. The standard InChI is InChI=1S/C27H32N10OS/c1-16-8-11-22(34-27(39)33-21-7-5-6-19(14-21)17(2)36-37-25(28)29)15-23(16)35-26(38)32-20-12-9-18(10-13-20)24(30-3)31-4/h5-15H,1-4H3,(H,30,31)(H4,28,29,37)(H2,32,35,38)(H2,33,34,39)/b36-17-. The minimum Gasteiger partial charge on any atom is -0.373 e. The number of anilines is 4. The summed E-state index contributed by atoms with van der Waals surface area (Å²) in [5.41, 5.74) is 16.7. The number of nitrogens with two attached hydrogens (primary N) is 2. The van der Waals surface area contributed by atoms with Gasteiger partial charge in [0.15, 0.2) is 5.11 Å². The molecule has 0 aliphatic heterocycles. The number of nitrogens with zero attached hydrogens (tertiary/aromatic N) is 3. The molecule has 0 saturated heterocycles. The van der Waals surface area contributed by atoms with Crippen molar-refractivity contribution in [3.05, 3.63) is 83.4 Å². The number of carbonyl (C=O) groups is 1. The van der Waals surface area contributed by atoms with Crippen molar-refractivity contribution in [2.75, 3.05) is 35.4 Å². The molecule has 0 aliphatic rings. The minimum atomic E-state index is -0.365. The zero-order chi connectivity index (χ0) is 28.4. The number of aliphatic imine (C=N–C) groups is 1. The lowest BCUT2D eigenvalue weighted by Crippen LogP contribution is -2.22. The molecule has 39 heavy (non-hydrogen) atoms. The third kappa shape index (κ3) is 8.54. The first-order valence-corrected chi connectivity index (χ1v) is 12.3. The van der Waals surface area contributed by atoms with Gasteiger partial charge >= 0.3 is 6.03 Å². The fourth-order valence-electron chi connectivity index (χ4n) is 3.52. The van der Waals surface area contributed by atoms with Crippen LogP contribution in [0.5, 0.6) is 0 Å². The molecule has 0 spiro atoms. The summed E-state index contributed by atoms with van der Waals surface area (Å²) < 4.78 is 0. The van der Waals surface area contributed by atoms with E-state index in [2.05, 4.69) is 41.8 Å². The average Bonchev–Trinajstić information content (AvgIpc) is 2.91. The van der Waals surface area contributed by atoms with Gasteiger partial charge in [-0.25, -0.2) is 4.79 Å². The van der Waals surface area contributed by atoms with Gasteiger partial charge in [-0.3, -0.25) is 4.99 Å². The van der Waals surface area contributed by atoms with Gasteiger partial charge in [-0.1, -0.05) is 18.2 Å². The molecule has 0 heterocycles. The van der Waals surface area contributed by atoms with E-state index in [1.54, 1.807) is 14.0 Å². The molecule has 12 heteroatoms. The van der Waals surface area contributed by atoms with Crippen LogP contribution in [0, 0.1) is 6.92 Å². The number of hydrogen-bond donors (Lipinski definition) is 7. The van der Waals surface area contributed by atoms with Crippen LogP contribution in [0.25, 0.3) is 0 Å². The van der Waals surface area contributed by atoms with Crippen molar-refractivity contribution in [3.8, 4) is 0 Å². The summed E-state index contributed by atoms with van der Waals surface area (Å²) >= 11 is 5.49. The van der Waals surface area contributed by atoms with Crippen LogP contribution in [0.2, 0.25) is 0 Å². The van der Waals surface area contributed by atoms with E-state index in [9.17, 15) is 4.79 Å². The summed E-state index contributed by atoms with van der Waals surface area (Å²) in [6.45, 7) is 3.71. The largest absolute Gasteiger partial charge is 0.373 e. The number of carbonyl (C=O) groups excluding carboxylic acids is 1. The molecule has 0 saturated carbocycles. The molecule has 9 N–H and O–H groups in total.